The lowest BCUT2D eigenvalue weighted by atomic mass is 10.3. The molecule has 0 atom stereocenters. The van der Waals surface area contributed by atoms with E-state index < -0.39 is 17.4 Å². The first-order valence-electron chi connectivity index (χ1n) is 5.46. The Morgan fingerprint density at radius 2 is 2.00 bits per heavy atom. The molecule has 0 bridgehead atoms. The molecule has 2 aromatic heterocycles. The Labute approximate surface area is 111 Å². The van der Waals surface area contributed by atoms with Gasteiger partial charge in [0, 0.05) is 6.07 Å². The Hall–Kier alpha value is -2.42. The van der Waals surface area contributed by atoms with Crippen molar-refractivity contribution in [1.82, 2.24) is 14.5 Å². The van der Waals surface area contributed by atoms with E-state index in [4.69, 9.17) is 5.84 Å². The third kappa shape index (κ3) is 2.94. The lowest BCUT2D eigenvalue weighted by Crippen LogP contribution is -2.28. The molecule has 2 rings (SSSR count). The van der Waals surface area contributed by atoms with Crippen molar-refractivity contribution >= 4 is 5.82 Å². The van der Waals surface area contributed by atoms with Gasteiger partial charge >= 0.3 is 6.18 Å². The van der Waals surface area contributed by atoms with Gasteiger partial charge in [0.25, 0.3) is 5.56 Å². The zero-order chi connectivity index (χ0) is 14.8. The zero-order valence-electron chi connectivity index (χ0n) is 10.1. The predicted molar refractivity (Wildman–Crippen MR) is 64.6 cm³/mol. The van der Waals surface area contributed by atoms with Gasteiger partial charge in [-0.3, -0.25) is 14.3 Å². The molecule has 2 heterocycles. The van der Waals surface area contributed by atoms with Crippen molar-refractivity contribution in [3.05, 3.63) is 52.3 Å². The smallest absolute Gasteiger partial charge is 0.307 e. The summed E-state index contributed by atoms with van der Waals surface area (Å²) in [5.41, 5.74) is 0.658. The lowest BCUT2D eigenvalue weighted by Gasteiger charge is -2.14. The van der Waals surface area contributed by atoms with E-state index in [1.54, 1.807) is 0 Å². The molecule has 0 aliphatic heterocycles. The molecule has 9 heteroatoms. The molecule has 0 aliphatic rings. The average Bonchev–Trinajstić information content (AvgIpc) is 2.40. The first-order chi connectivity index (χ1) is 9.41. The van der Waals surface area contributed by atoms with Crippen LogP contribution in [0.5, 0.6) is 0 Å². The van der Waals surface area contributed by atoms with E-state index in [9.17, 15) is 18.0 Å². The van der Waals surface area contributed by atoms with Crippen molar-refractivity contribution < 1.29 is 13.2 Å². The van der Waals surface area contributed by atoms with Gasteiger partial charge in [-0.05, 0) is 6.07 Å². The number of hydrogen-bond donors (Lipinski definition) is 2. The number of nitrogen functional groups attached to an aromatic ring is 1. The van der Waals surface area contributed by atoms with Gasteiger partial charge < -0.3 is 5.43 Å². The average molecular weight is 285 g/mol. The normalized spacial score (nSPS) is 11.4. The summed E-state index contributed by atoms with van der Waals surface area (Å²) in [6, 6.07) is 2.96. The van der Waals surface area contributed by atoms with E-state index in [1.165, 1.54) is 12.4 Å². The van der Waals surface area contributed by atoms with Crippen LogP contribution in [0.4, 0.5) is 19.0 Å². The fourth-order valence-electron chi connectivity index (χ4n) is 1.60. The number of nitrogens with one attached hydrogen (secondary N) is 1. The topological polar surface area (TPSA) is 85.8 Å². The van der Waals surface area contributed by atoms with E-state index in [0.29, 0.717) is 4.57 Å². The van der Waals surface area contributed by atoms with Gasteiger partial charge in [-0.25, -0.2) is 10.8 Å². The summed E-state index contributed by atoms with van der Waals surface area (Å²) in [6.45, 7) is -0.327. The molecule has 0 radical (unpaired) electrons. The molecule has 20 heavy (non-hydrogen) atoms. The molecule has 0 spiro atoms. The fraction of sp³-hybridized carbons (Fsp3) is 0.182. The monoisotopic (exact) mass is 285 g/mol. The summed E-state index contributed by atoms with van der Waals surface area (Å²) in [7, 11) is 0. The van der Waals surface area contributed by atoms with Crippen LogP contribution in [0.25, 0.3) is 0 Å². The van der Waals surface area contributed by atoms with Crippen LogP contribution < -0.4 is 16.8 Å². The third-order valence-corrected chi connectivity index (χ3v) is 2.51. The fourth-order valence-corrected chi connectivity index (χ4v) is 1.60. The van der Waals surface area contributed by atoms with E-state index in [-0.39, 0.29) is 18.1 Å². The van der Waals surface area contributed by atoms with Crippen LogP contribution >= 0.6 is 0 Å². The van der Waals surface area contributed by atoms with E-state index >= 15 is 0 Å². The van der Waals surface area contributed by atoms with Crippen LogP contribution in [0.2, 0.25) is 0 Å². The summed E-state index contributed by atoms with van der Waals surface area (Å²) < 4.78 is 39.1. The van der Waals surface area contributed by atoms with Crippen LogP contribution in [0, 0.1) is 0 Å². The van der Waals surface area contributed by atoms with Gasteiger partial charge in [0.05, 0.1) is 24.6 Å². The Morgan fingerprint density at radius 1 is 1.25 bits per heavy atom. The maximum Gasteiger partial charge on any atom is 0.431 e. The van der Waals surface area contributed by atoms with Crippen molar-refractivity contribution in [2.24, 2.45) is 5.84 Å². The Kier molecular flexibility index (Phi) is 3.70. The molecule has 2 aromatic rings. The van der Waals surface area contributed by atoms with Crippen LogP contribution in [0.3, 0.4) is 0 Å². The second-order valence-corrected chi connectivity index (χ2v) is 3.87. The molecule has 3 N–H and O–H groups in total. The van der Waals surface area contributed by atoms with Crippen molar-refractivity contribution in [1.29, 1.82) is 0 Å². The van der Waals surface area contributed by atoms with Crippen LogP contribution in [-0.2, 0) is 12.7 Å². The minimum atomic E-state index is -4.62. The van der Waals surface area contributed by atoms with Gasteiger partial charge in [-0.1, -0.05) is 6.07 Å². The van der Waals surface area contributed by atoms with Crippen molar-refractivity contribution in [2.75, 3.05) is 5.43 Å². The second kappa shape index (κ2) is 5.29. The SMILES string of the molecule is NNc1cnc(Cn2c(C(F)(F)F)cccc2=O)cn1. The van der Waals surface area contributed by atoms with E-state index in [0.717, 1.165) is 18.2 Å². The number of nitrogens with zero attached hydrogens (tertiary/aromatic N) is 3. The summed E-state index contributed by atoms with van der Waals surface area (Å²) >= 11 is 0. The maximum atomic E-state index is 12.8. The molecule has 0 amide bonds. The maximum absolute atomic E-state index is 12.8. The summed E-state index contributed by atoms with van der Waals surface area (Å²) in [6.07, 6.45) is -2.11. The molecular formula is C11H10F3N5O. The van der Waals surface area contributed by atoms with E-state index in [1.807, 2.05) is 0 Å². The molecule has 0 aliphatic carbocycles. The number of hydrazine groups is 1. The van der Waals surface area contributed by atoms with Crippen LogP contribution in [-0.4, -0.2) is 14.5 Å². The number of anilines is 1. The van der Waals surface area contributed by atoms with Crippen LogP contribution in [0.1, 0.15) is 11.4 Å². The number of halogens is 3. The van der Waals surface area contributed by atoms with Crippen molar-refractivity contribution in [2.45, 2.75) is 12.7 Å². The molecule has 0 unspecified atom stereocenters. The highest BCUT2D eigenvalue weighted by molar-refractivity contribution is 5.28. The van der Waals surface area contributed by atoms with Gasteiger partial charge in [-0.15, -0.1) is 0 Å². The van der Waals surface area contributed by atoms with Gasteiger partial charge in [0.2, 0.25) is 0 Å². The highest BCUT2D eigenvalue weighted by Gasteiger charge is 2.34. The molecular weight excluding hydrogens is 275 g/mol. The van der Waals surface area contributed by atoms with Gasteiger partial charge in [-0.2, -0.15) is 13.2 Å². The minimum absolute atomic E-state index is 0.211. The quantitative estimate of drug-likeness (QED) is 0.649. The number of alkyl halides is 3. The van der Waals surface area contributed by atoms with Gasteiger partial charge in [0.1, 0.15) is 5.69 Å². The highest BCUT2D eigenvalue weighted by atomic mass is 19.4. The third-order valence-electron chi connectivity index (χ3n) is 2.51. The Morgan fingerprint density at radius 3 is 2.55 bits per heavy atom. The molecule has 6 nitrogen and oxygen atoms in total. The first kappa shape index (κ1) is 14.0. The summed E-state index contributed by atoms with van der Waals surface area (Å²) in [5.74, 6) is 5.37. The number of pyridine rings is 1. The largest absolute Gasteiger partial charge is 0.431 e. The Bertz CT molecular complexity index is 650. The second-order valence-electron chi connectivity index (χ2n) is 3.87. The van der Waals surface area contributed by atoms with Crippen molar-refractivity contribution in [3.63, 3.8) is 0 Å². The predicted octanol–water partition coefficient (Wildman–Crippen LogP) is 0.991. The standard InChI is InChI=1S/C11H10F3N5O/c12-11(13,14)8-2-1-3-10(20)19(8)6-7-4-17-9(18-15)5-16-7/h1-5H,6,15H2,(H,17,18). The lowest BCUT2D eigenvalue weighted by molar-refractivity contribution is -0.144. The number of aromatic nitrogens is 3. The number of rotatable bonds is 3. The van der Waals surface area contributed by atoms with Crippen molar-refractivity contribution in [3.8, 4) is 0 Å². The van der Waals surface area contributed by atoms with Gasteiger partial charge in [0.15, 0.2) is 5.82 Å². The number of nitrogens with two attached hydrogens (primary N) is 1. The van der Waals surface area contributed by atoms with E-state index in [2.05, 4.69) is 15.4 Å². The zero-order valence-corrected chi connectivity index (χ0v) is 10.1. The molecule has 0 fully saturated rings. The number of hydrogen-bond acceptors (Lipinski definition) is 5. The molecule has 0 aromatic carbocycles. The molecule has 0 saturated heterocycles. The molecule has 0 saturated carbocycles. The van der Waals surface area contributed by atoms with Crippen LogP contribution in [0.15, 0.2) is 35.4 Å². The summed E-state index contributed by atoms with van der Waals surface area (Å²) in [5, 5.41) is 0. The minimum Gasteiger partial charge on any atom is -0.307 e. The summed E-state index contributed by atoms with van der Waals surface area (Å²) in [4.78, 5) is 19.3. The molecule has 106 valence electrons. The first-order valence-corrected chi connectivity index (χ1v) is 5.46. The highest BCUT2D eigenvalue weighted by Crippen LogP contribution is 2.28. The Balaban J connectivity index is 2.40.